The molecule has 214 valence electrons. The Labute approximate surface area is 241 Å². The number of thiazole rings is 1. The molecule has 0 aliphatic heterocycles. The van der Waals surface area contributed by atoms with Gasteiger partial charge in [-0.15, -0.1) is 0 Å². The van der Waals surface area contributed by atoms with E-state index in [2.05, 4.69) is 21.1 Å². The second-order valence-corrected chi connectivity index (χ2v) is 12.3. The molecule has 5 aromatic rings. The summed E-state index contributed by atoms with van der Waals surface area (Å²) in [5, 5.41) is 13.0. The van der Waals surface area contributed by atoms with Gasteiger partial charge in [0.15, 0.2) is 10.8 Å². The van der Waals surface area contributed by atoms with Crippen LogP contribution < -0.4 is 20.7 Å². The number of nitrogens with zero attached hydrogens (tertiary/aromatic N) is 4. The van der Waals surface area contributed by atoms with Crippen molar-refractivity contribution in [1.82, 2.24) is 24.8 Å². The van der Waals surface area contributed by atoms with Gasteiger partial charge in [0.2, 0.25) is 5.88 Å². The normalized spacial score (nSPS) is 14.4. The Morgan fingerprint density at radius 1 is 1.12 bits per heavy atom. The van der Waals surface area contributed by atoms with Crippen LogP contribution in [0.1, 0.15) is 39.4 Å². The Kier molecular flexibility index (Phi) is 7.14. The summed E-state index contributed by atoms with van der Waals surface area (Å²) < 4.78 is 18.5. The van der Waals surface area contributed by atoms with Crippen LogP contribution in [-0.4, -0.2) is 58.0 Å². The van der Waals surface area contributed by atoms with Crippen molar-refractivity contribution in [2.75, 3.05) is 37.5 Å². The van der Waals surface area contributed by atoms with Crippen molar-refractivity contribution < 1.29 is 18.8 Å². The summed E-state index contributed by atoms with van der Waals surface area (Å²) in [6.45, 7) is 8.14. The Morgan fingerprint density at radius 2 is 1.93 bits per heavy atom. The quantitative estimate of drug-likeness (QED) is 0.181. The highest BCUT2D eigenvalue weighted by atomic mass is 32.1. The first-order valence-corrected chi connectivity index (χ1v) is 14.3. The molecule has 0 saturated heterocycles. The van der Waals surface area contributed by atoms with Crippen molar-refractivity contribution >= 4 is 44.2 Å². The average molecular weight is 576 g/mol. The van der Waals surface area contributed by atoms with Gasteiger partial charge in [-0.05, 0) is 31.0 Å². The summed E-state index contributed by atoms with van der Waals surface area (Å²) in [5.41, 5.74) is 3.25. The number of nitrogens with one attached hydrogen (secondary N) is 3. The van der Waals surface area contributed by atoms with Gasteiger partial charge in [0.25, 0.3) is 0 Å². The van der Waals surface area contributed by atoms with E-state index < -0.39 is 6.03 Å². The van der Waals surface area contributed by atoms with E-state index >= 15 is 0 Å². The molecule has 4 aromatic heterocycles. The Balaban J connectivity index is 1.09. The number of carbonyl (C=O) groups excluding carboxylic acids is 1. The van der Waals surface area contributed by atoms with E-state index in [0.29, 0.717) is 36.4 Å². The third kappa shape index (κ3) is 6.04. The van der Waals surface area contributed by atoms with Gasteiger partial charge in [0, 0.05) is 48.6 Å². The smallest absolute Gasteiger partial charge is 0.324 e. The van der Waals surface area contributed by atoms with Crippen molar-refractivity contribution in [2.45, 2.75) is 44.6 Å². The fourth-order valence-corrected chi connectivity index (χ4v) is 5.41. The molecular formula is C29H33N7O4S. The second-order valence-electron chi connectivity index (χ2n) is 11.3. The van der Waals surface area contributed by atoms with Crippen molar-refractivity contribution in [3.8, 4) is 17.1 Å². The number of ether oxygens (including phenoxy) is 2. The highest BCUT2D eigenvalue weighted by Gasteiger charge is 2.43. The van der Waals surface area contributed by atoms with E-state index in [9.17, 15) is 4.79 Å². The number of pyridine rings is 1. The van der Waals surface area contributed by atoms with Gasteiger partial charge >= 0.3 is 6.03 Å². The standard InChI is InChI=1S/C29H33N7O4S/c1-28(2,3)22-15-23(35-40-22)33-26(37)31-19-7-5-18(6-8-19)20-16-36-21-9-10-24(34-25(21)41-27(36)32-20)39-17-29(11-12-29)30-13-14-38-4/h5-10,15-16,30H,11-14,17H2,1-4H3,(H2,31,33,35,37). The van der Waals surface area contributed by atoms with Crippen LogP contribution in [0, 0.1) is 0 Å². The fraction of sp³-hybridized carbons (Fsp3) is 0.379. The first-order valence-electron chi connectivity index (χ1n) is 13.5. The number of methoxy groups -OCH3 is 1. The van der Waals surface area contributed by atoms with Crippen molar-refractivity contribution in [3.05, 3.63) is 54.4 Å². The van der Waals surface area contributed by atoms with Crippen LogP contribution >= 0.6 is 11.3 Å². The summed E-state index contributed by atoms with van der Waals surface area (Å²) in [6.07, 6.45) is 4.20. The number of fused-ring (bicyclic) bond motifs is 3. The Bertz CT molecular complexity index is 1680. The van der Waals surface area contributed by atoms with E-state index in [1.165, 1.54) is 11.3 Å². The SMILES string of the molecule is COCCNC1(COc2ccc3c(n2)sc2nc(-c4ccc(NC(=O)Nc5cc(C(C)(C)C)on5)cc4)cn23)CC1. The first kappa shape index (κ1) is 27.2. The lowest BCUT2D eigenvalue weighted by molar-refractivity contribution is 0.182. The van der Waals surface area contributed by atoms with Crippen LogP contribution in [0.25, 0.3) is 26.6 Å². The minimum Gasteiger partial charge on any atom is -0.476 e. The molecule has 12 heteroatoms. The molecule has 0 spiro atoms. The minimum atomic E-state index is -0.397. The number of benzene rings is 1. The molecule has 0 unspecified atom stereocenters. The summed E-state index contributed by atoms with van der Waals surface area (Å²) in [6, 6.07) is 12.8. The molecule has 3 N–H and O–H groups in total. The molecule has 2 amide bonds. The van der Waals surface area contributed by atoms with Gasteiger partial charge in [-0.25, -0.2) is 14.8 Å². The molecular weight excluding hydrogens is 542 g/mol. The molecule has 1 aliphatic rings. The number of urea groups is 1. The predicted octanol–water partition coefficient (Wildman–Crippen LogP) is 5.69. The van der Waals surface area contributed by atoms with E-state index in [1.807, 2.05) is 67.8 Å². The monoisotopic (exact) mass is 575 g/mol. The minimum absolute atomic E-state index is 0.0379. The number of rotatable bonds is 10. The highest BCUT2D eigenvalue weighted by molar-refractivity contribution is 7.23. The van der Waals surface area contributed by atoms with Crippen LogP contribution in [0.2, 0.25) is 0 Å². The Morgan fingerprint density at radius 3 is 2.63 bits per heavy atom. The van der Waals surface area contributed by atoms with Gasteiger partial charge in [0.1, 0.15) is 17.2 Å². The lowest BCUT2D eigenvalue weighted by Crippen LogP contribution is -2.39. The second kappa shape index (κ2) is 10.8. The molecule has 6 rings (SSSR count). The summed E-state index contributed by atoms with van der Waals surface area (Å²) in [5.74, 6) is 1.68. The maximum Gasteiger partial charge on any atom is 0.324 e. The molecule has 11 nitrogen and oxygen atoms in total. The summed E-state index contributed by atoms with van der Waals surface area (Å²) in [4.78, 5) is 23.7. The molecule has 41 heavy (non-hydrogen) atoms. The molecule has 4 heterocycles. The third-order valence-electron chi connectivity index (χ3n) is 7.02. The molecule has 0 radical (unpaired) electrons. The molecule has 0 atom stereocenters. The van der Waals surface area contributed by atoms with Crippen molar-refractivity contribution in [3.63, 3.8) is 0 Å². The van der Waals surface area contributed by atoms with Gasteiger partial charge in [-0.1, -0.05) is 49.4 Å². The fourth-order valence-electron chi connectivity index (χ4n) is 4.43. The maximum absolute atomic E-state index is 12.4. The Hall–Kier alpha value is -4.00. The number of amides is 2. The lowest BCUT2D eigenvalue weighted by atomic mass is 9.93. The number of aromatic nitrogens is 4. The summed E-state index contributed by atoms with van der Waals surface area (Å²) >= 11 is 1.52. The zero-order valence-corrected chi connectivity index (χ0v) is 24.3. The highest BCUT2D eigenvalue weighted by Crippen LogP contribution is 2.36. The van der Waals surface area contributed by atoms with Gasteiger partial charge in [-0.2, -0.15) is 0 Å². The molecule has 1 saturated carbocycles. The zero-order valence-electron chi connectivity index (χ0n) is 23.5. The van der Waals surface area contributed by atoms with Crippen LogP contribution in [0.5, 0.6) is 5.88 Å². The van der Waals surface area contributed by atoms with Crippen LogP contribution in [0.4, 0.5) is 16.3 Å². The number of imidazole rings is 1. The average Bonchev–Trinajstić information content (AvgIpc) is 3.23. The first-order chi connectivity index (χ1) is 19.7. The van der Waals surface area contributed by atoms with Gasteiger partial charge < -0.3 is 24.6 Å². The van der Waals surface area contributed by atoms with Gasteiger partial charge in [0.05, 0.1) is 23.4 Å². The van der Waals surface area contributed by atoms with E-state index in [-0.39, 0.29) is 11.0 Å². The zero-order chi connectivity index (χ0) is 28.6. The van der Waals surface area contributed by atoms with Crippen molar-refractivity contribution in [2.24, 2.45) is 0 Å². The van der Waals surface area contributed by atoms with Crippen LogP contribution in [0.15, 0.2) is 53.2 Å². The maximum atomic E-state index is 12.4. The van der Waals surface area contributed by atoms with Crippen molar-refractivity contribution in [1.29, 1.82) is 0 Å². The topological polar surface area (TPSA) is 128 Å². The number of carbonyl (C=O) groups is 1. The van der Waals surface area contributed by atoms with E-state index in [4.69, 9.17) is 24.0 Å². The van der Waals surface area contributed by atoms with Crippen LogP contribution in [0.3, 0.4) is 0 Å². The molecule has 1 aromatic carbocycles. The number of hydrogen-bond acceptors (Lipinski definition) is 9. The summed E-state index contributed by atoms with van der Waals surface area (Å²) in [7, 11) is 1.71. The third-order valence-corrected chi connectivity index (χ3v) is 7.99. The van der Waals surface area contributed by atoms with E-state index in [1.54, 1.807) is 13.2 Å². The largest absolute Gasteiger partial charge is 0.476 e. The van der Waals surface area contributed by atoms with Crippen LogP contribution in [-0.2, 0) is 10.2 Å². The molecule has 0 bridgehead atoms. The van der Waals surface area contributed by atoms with E-state index in [0.717, 1.165) is 46.0 Å². The number of anilines is 2. The molecule has 1 fully saturated rings. The molecule has 1 aliphatic carbocycles. The van der Waals surface area contributed by atoms with Gasteiger partial charge in [-0.3, -0.25) is 9.72 Å². The number of hydrogen-bond donors (Lipinski definition) is 3. The predicted molar refractivity (Wildman–Crippen MR) is 159 cm³/mol. The lowest BCUT2D eigenvalue weighted by Gasteiger charge is -2.17.